The molecule has 0 fully saturated rings. The summed E-state index contributed by atoms with van der Waals surface area (Å²) in [6.07, 6.45) is 4.42. The molecule has 1 aromatic heterocycles. The molecule has 1 aromatic carbocycles. The van der Waals surface area contributed by atoms with Crippen LogP contribution in [-0.2, 0) is 13.1 Å². The normalized spacial score (nSPS) is 11.0. The van der Waals surface area contributed by atoms with E-state index in [0.717, 1.165) is 23.3 Å². The topological polar surface area (TPSA) is 67.8 Å². The molecule has 0 saturated carbocycles. The van der Waals surface area contributed by atoms with E-state index in [-0.39, 0.29) is 0 Å². The maximum atomic E-state index is 5.70. The van der Waals surface area contributed by atoms with Crippen molar-refractivity contribution >= 4 is 5.96 Å². The molecular weight excluding hydrogens is 340 g/mol. The highest BCUT2D eigenvalue weighted by Gasteiger charge is 2.07. The molecule has 0 atom stereocenters. The van der Waals surface area contributed by atoms with E-state index in [2.05, 4.69) is 34.1 Å². The van der Waals surface area contributed by atoms with Crippen LogP contribution in [0.3, 0.4) is 0 Å². The minimum atomic E-state index is 0.478. The molecule has 2 N–H and O–H groups in total. The van der Waals surface area contributed by atoms with E-state index >= 15 is 0 Å². The van der Waals surface area contributed by atoms with Crippen molar-refractivity contribution in [1.29, 1.82) is 0 Å². The molecule has 144 valence electrons. The first-order valence-electron chi connectivity index (χ1n) is 9.11. The number of hydrogen-bond acceptors (Lipinski definition) is 4. The molecule has 0 unspecified atom stereocenters. The molecule has 0 bridgehead atoms. The summed E-state index contributed by atoms with van der Waals surface area (Å²) in [5.74, 6) is 2.19. The van der Waals surface area contributed by atoms with Gasteiger partial charge in [-0.25, -0.2) is 4.98 Å². The minimum Gasteiger partial charge on any atom is -0.489 e. The number of nitrogens with zero attached hydrogens (tertiary/aromatic N) is 2. The van der Waals surface area contributed by atoms with Crippen LogP contribution in [0.5, 0.6) is 11.6 Å². The van der Waals surface area contributed by atoms with Gasteiger partial charge in [-0.1, -0.05) is 43.8 Å². The summed E-state index contributed by atoms with van der Waals surface area (Å²) in [6, 6.07) is 11.8. The summed E-state index contributed by atoms with van der Waals surface area (Å²) in [5, 5.41) is 6.60. The Labute approximate surface area is 161 Å². The number of hydrogen-bond donors (Lipinski definition) is 2. The molecule has 6 nitrogen and oxygen atoms in total. The Bertz CT molecular complexity index is 746. The van der Waals surface area contributed by atoms with Gasteiger partial charge in [0.05, 0.1) is 6.61 Å². The summed E-state index contributed by atoms with van der Waals surface area (Å²) in [5.41, 5.74) is 2.04. The van der Waals surface area contributed by atoms with Gasteiger partial charge < -0.3 is 20.1 Å². The van der Waals surface area contributed by atoms with Gasteiger partial charge in [-0.15, -0.1) is 0 Å². The monoisotopic (exact) mass is 368 g/mol. The predicted molar refractivity (Wildman–Crippen MR) is 109 cm³/mol. The standard InChI is InChI=1S/C21H28N4O2/c1-4-13-26-19-11-7-6-9-17(19)15-24-21(22-3)25-16-18-10-8-12-23-20(18)27-14-5-2/h4,6-12H,1,5,13-16H2,2-3H3,(H2,22,24,25). The van der Waals surface area contributed by atoms with Gasteiger partial charge in [0.25, 0.3) is 0 Å². The Morgan fingerprint density at radius 1 is 1.11 bits per heavy atom. The Morgan fingerprint density at radius 3 is 2.59 bits per heavy atom. The van der Waals surface area contributed by atoms with Gasteiger partial charge in [-0.05, 0) is 18.6 Å². The van der Waals surface area contributed by atoms with Gasteiger partial charge in [0.2, 0.25) is 5.88 Å². The van der Waals surface area contributed by atoms with Gasteiger partial charge >= 0.3 is 0 Å². The molecule has 0 amide bonds. The number of nitrogens with one attached hydrogen (secondary N) is 2. The first kappa shape index (κ1) is 20.3. The second-order valence-electron chi connectivity index (χ2n) is 5.80. The lowest BCUT2D eigenvalue weighted by Crippen LogP contribution is -2.36. The zero-order chi connectivity index (χ0) is 19.3. The van der Waals surface area contributed by atoms with Crippen LogP contribution in [0.2, 0.25) is 0 Å². The van der Waals surface area contributed by atoms with Crippen LogP contribution >= 0.6 is 0 Å². The van der Waals surface area contributed by atoms with E-state index in [1.807, 2.05) is 36.4 Å². The molecule has 0 radical (unpaired) electrons. The number of ether oxygens (including phenoxy) is 2. The van der Waals surface area contributed by atoms with Crippen LogP contribution in [0.15, 0.2) is 60.2 Å². The summed E-state index contributed by atoms with van der Waals surface area (Å²) in [6.45, 7) is 8.06. The largest absolute Gasteiger partial charge is 0.489 e. The average molecular weight is 368 g/mol. The van der Waals surface area contributed by atoms with Crippen molar-refractivity contribution in [2.45, 2.75) is 26.4 Å². The number of para-hydroxylation sites is 1. The third-order valence-corrected chi connectivity index (χ3v) is 3.74. The van der Waals surface area contributed by atoms with Crippen molar-refractivity contribution < 1.29 is 9.47 Å². The zero-order valence-electron chi connectivity index (χ0n) is 16.1. The van der Waals surface area contributed by atoms with Crippen molar-refractivity contribution in [3.63, 3.8) is 0 Å². The summed E-state index contributed by atoms with van der Waals surface area (Å²) in [4.78, 5) is 8.58. The lowest BCUT2D eigenvalue weighted by Gasteiger charge is -2.15. The van der Waals surface area contributed by atoms with E-state index in [1.165, 1.54) is 0 Å². The second kappa shape index (κ2) is 11.6. The van der Waals surface area contributed by atoms with Crippen LogP contribution < -0.4 is 20.1 Å². The number of aromatic nitrogens is 1. The van der Waals surface area contributed by atoms with E-state index in [4.69, 9.17) is 9.47 Å². The lowest BCUT2D eigenvalue weighted by atomic mass is 10.2. The fourth-order valence-corrected chi connectivity index (χ4v) is 2.41. The van der Waals surface area contributed by atoms with E-state index in [9.17, 15) is 0 Å². The van der Waals surface area contributed by atoms with Gasteiger partial charge in [0.15, 0.2) is 5.96 Å². The zero-order valence-corrected chi connectivity index (χ0v) is 16.1. The SMILES string of the molecule is C=CCOc1ccccc1CNC(=NC)NCc1cccnc1OCCC. The highest BCUT2D eigenvalue weighted by Crippen LogP contribution is 2.18. The molecule has 0 saturated heterocycles. The smallest absolute Gasteiger partial charge is 0.218 e. The Morgan fingerprint density at radius 2 is 1.85 bits per heavy atom. The third kappa shape index (κ3) is 6.66. The third-order valence-electron chi connectivity index (χ3n) is 3.74. The fourth-order valence-electron chi connectivity index (χ4n) is 2.41. The van der Waals surface area contributed by atoms with Gasteiger partial charge in [-0.3, -0.25) is 4.99 Å². The van der Waals surface area contributed by atoms with Crippen LogP contribution in [-0.4, -0.2) is 31.2 Å². The van der Waals surface area contributed by atoms with Gasteiger partial charge in [0, 0.05) is 37.5 Å². The van der Waals surface area contributed by atoms with Crippen molar-refractivity contribution in [3.05, 3.63) is 66.4 Å². The Hall–Kier alpha value is -3.02. The Balaban J connectivity index is 1.93. The van der Waals surface area contributed by atoms with E-state index < -0.39 is 0 Å². The maximum Gasteiger partial charge on any atom is 0.218 e. The lowest BCUT2D eigenvalue weighted by molar-refractivity contribution is 0.301. The number of benzene rings is 1. The number of pyridine rings is 1. The van der Waals surface area contributed by atoms with Gasteiger partial charge in [0.1, 0.15) is 12.4 Å². The van der Waals surface area contributed by atoms with E-state index in [0.29, 0.717) is 38.1 Å². The van der Waals surface area contributed by atoms with Crippen molar-refractivity contribution in [1.82, 2.24) is 15.6 Å². The van der Waals surface area contributed by atoms with Crippen LogP contribution in [0.4, 0.5) is 0 Å². The average Bonchev–Trinajstić information content (AvgIpc) is 2.72. The predicted octanol–water partition coefficient (Wildman–Crippen LogP) is 3.30. The first-order valence-corrected chi connectivity index (χ1v) is 9.11. The van der Waals surface area contributed by atoms with Crippen LogP contribution in [0, 0.1) is 0 Å². The molecule has 6 heteroatoms. The van der Waals surface area contributed by atoms with Crippen molar-refractivity contribution in [2.75, 3.05) is 20.3 Å². The minimum absolute atomic E-state index is 0.478. The van der Waals surface area contributed by atoms with Crippen molar-refractivity contribution in [2.24, 2.45) is 4.99 Å². The number of guanidine groups is 1. The molecule has 27 heavy (non-hydrogen) atoms. The summed E-state index contributed by atoms with van der Waals surface area (Å²) in [7, 11) is 1.74. The first-order chi connectivity index (χ1) is 13.3. The molecule has 0 spiro atoms. The highest BCUT2D eigenvalue weighted by molar-refractivity contribution is 5.79. The molecule has 1 heterocycles. The van der Waals surface area contributed by atoms with E-state index in [1.54, 1.807) is 19.3 Å². The molecule has 0 aliphatic carbocycles. The number of aliphatic imine (C=N–C) groups is 1. The second-order valence-corrected chi connectivity index (χ2v) is 5.80. The molecule has 0 aliphatic heterocycles. The summed E-state index contributed by atoms with van der Waals surface area (Å²) >= 11 is 0. The molecule has 2 rings (SSSR count). The van der Waals surface area contributed by atoms with Gasteiger partial charge in [-0.2, -0.15) is 0 Å². The van der Waals surface area contributed by atoms with Crippen molar-refractivity contribution in [3.8, 4) is 11.6 Å². The number of rotatable bonds is 10. The fraction of sp³-hybridized carbons (Fsp3) is 0.333. The molecule has 0 aliphatic rings. The maximum absolute atomic E-state index is 5.70. The van der Waals surface area contributed by atoms with Crippen LogP contribution in [0.1, 0.15) is 24.5 Å². The van der Waals surface area contributed by atoms with Crippen LogP contribution in [0.25, 0.3) is 0 Å². The highest BCUT2D eigenvalue weighted by atomic mass is 16.5. The molecule has 2 aromatic rings. The Kier molecular flexibility index (Phi) is 8.69. The molecular formula is C21H28N4O2. The quantitative estimate of drug-likeness (QED) is 0.383. The summed E-state index contributed by atoms with van der Waals surface area (Å²) < 4.78 is 11.4.